The van der Waals surface area contributed by atoms with E-state index in [0.29, 0.717) is 5.92 Å². The molecule has 7 nitrogen and oxygen atoms in total. The molecule has 1 atom stereocenters. The number of rotatable bonds is 10. The van der Waals surface area contributed by atoms with Gasteiger partial charge < -0.3 is 9.84 Å². The zero-order chi connectivity index (χ0) is 19.7. The van der Waals surface area contributed by atoms with Gasteiger partial charge >= 0.3 is 5.97 Å². The molecule has 0 radical (unpaired) electrons. The highest BCUT2D eigenvalue weighted by atomic mass is 16.6. The Balaban J connectivity index is 2.53. The number of ether oxygens (including phenoxy) is 1. The van der Waals surface area contributed by atoms with E-state index in [1.54, 1.807) is 0 Å². The smallest absolute Gasteiger partial charge is 0.348 e. The van der Waals surface area contributed by atoms with Crippen molar-refractivity contribution < 1.29 is 24.4 Å². The van der Waals surface area contributed by atoms with Crippen LogP contribution in [0.2, 0.25) is 0 Å². The molecular formula is C19H23NO6. The highest BCUT2D eigenvalue weighted by molar-refractivity contribution is 6.11. The molecule has 140 valence electrons. The molecule has 1 aromatic carbocycles. The van der Waals surface area contributed by atoms with Crippen molar-refractivity contribution in [1.82, 2.24) is 0 Å². The molecule has 1 rings (SSSR count). The summed E-state index contributed by atoms with van der Waals surface area (Å²) in [4.78, 5) is 33.7. The number of hydrogen-bond donors (Lipinski definition) is 1. The summed E-state index contributed by atoms with van der Waals surface area (Å²) in [7, 11) is 0. The fourth-order valence-corrected chi connectivity index (χ4v) is 2.09. The van der Waals surface area contributed by atoms with Gasteiger partial charge in [0.15, 0.2) is 0 Å². The van der Waals surface area contributed by atoms with Gasteiger partial charge in [0.1, 0.15) is 0 Å². The van der Waals surface area contributed by atoms with E-state index in [-0.39, 0.29) is 11.3 Å². The summed E-state index contributed by atoms with van der Waals surface area (Å²) in [6.07, 6.45) is 3.39. The van der Waals surface area contributed by atoms with Crippen LogP contribution in [0, 0.1) is 16.0 Å². The summed E-state index contributed by atoms with van der Waals surface area (Å²) in [5.74, 6) is -1.42. The number of benzene rings is 1. The fourth-order valence-electron chi connectivity index (χ4n) is 2.09. The lowest BCUT2D eigenvalue weighted by atomic mass is 10.0. The molecule has 0 spiro atoms. The number of allylic oxidation sites excluding steroid dienone is 2. The predicted molar refractivity (Wildman–Crippen MR) is 96.5 cm³/mol. The Labute approximate surface area is 152 Å². The highest BCUT2D eigenvalue weighted by Crippen LogP contribution is 2.14. The second-order valence-corrected chi connectivity index (χ2v) is 6.25. The van der Waals surface area contributed by atoms with Crippen molar-refractivity contribution in [3.05, 3.63) is 64.4 Å². The van der Waals surface area contributed by atoms with Crippen molar-refractivity contribution in [3.63, 3.8) is 0 Å². The number of esters is 1. The number of ketones is 1. The van der Waals surface area contributed by atoms with Crippen LogP contribution >= 0.6 is 0 Å². The monoisotopic (exact) mass is 361 g/mol. The predicted octanol–water partition coefficient (Wildman–Crippen LogP) is 3.58. The van der Waals surface area contributed by atoms with Gasteiger partial charge in [0.05, 0.1) is 11.2 Å². The molecular weight excluding hydrogens is 338 g/mol. The van der Waals surface area contributed by atoms with Crippen molar-refractivity contribution in [2.75, 3.05) is 0 Å². The Morgan fingerprint density at radius 2 is 1.92 bits per heavy atom. The van der Waals surface area contributed by atoms with Gasteiger partial charge in [-0.15, -0.1) is 0 Å². The van der Waals surface area contributed by atoms with Gasteiger partial charge in [-0.05, 0) is 37.0 Å². The zero-order valence-corrected chi connectivity index (χ0v) is 14.9. The second-order valence-electron chi connectivity index (χ2n) is 6.25. The molecule has 0 bridgehead atoms. The average molecular weight is 361 g/mol. The van der Waals surface area contributed by atoms with Crippen molar-refractivity contribution in [3.8, 4) is 0 Å². The Morgan fingerprint density at radius 1 is 1.31 bits per heavy atom. The van der Waals surface area contributed by atoms with E-state index in [1.165, 1.54) is 18.2 Å². The molecule has 0 fully saturated rings. The molecule has 1 N–H and O–H groups in total. The summed E-state index contributed by atoms with van der Waals surface area (Å²) in [6, 6.07) is 4.57. The van der Waals surface area contributed by atoms with Gasteiger partial charge in [0, 0.05) is 17.7 Å². The van der Waals surface area contributed by atoms with Gasteiger partial charge in [0.2, 0.25) is 11.9 Å². The lowest BCUT2D eigenvalue weighted by Crippen LogP contribution is -2.30. The standard InChI is InChI=1S/C19H23NO6/c1-13(2)5-4-6-14(3)11-12-26-19(23)18(22)17(21)15-7-9-16(10-8-15)20(24)25/h7-13,18,22H,3-6H2,1-2H3. The van der Waals surface area contributed by atoms with Crippen LogP contribution in [0.3, 0.4) is 0 Å². The van der Waals surface area contributed by atoms with Gasteiger partial charge in [0.25, 0.3) is 5.69 Å². The Bertz CT molecular complexity index is 690. The summed E-state index contributed by atoms with van der Waals surface area (Å²) in [6.45, 7) is 8.09. The number of carbonyl (C=O) groups excluding carboxylic acids is 2. The minimum atomic E-state index is -2.00. The number of aliphatic hydroxyl groups is 1. The Hall–Kier alpha value is -2.80. The van der Waals surface area contributed by atoms with Crippen LogP contribution in [0.5, 0.6) is 0 Å². The van der Waals surface area contributed by atoms with E-state index in [9.17, 15) is 24.8 Å². The van der Waals surface area contributed by atoms with Crippen LogP contribution in [0.25, 0.3) is 0 Å². The van der Waals surface area contributed by atoms with Crippen LogP contribution in [-0.2, 0) is 9.53 Å². The lowest BCUT2D eigenvalue weighted by molar-refractivity contribution is -0.384. The third kappa shape index (κ3) is 6.98. The topological polar surface area (TPSA) is 107 Å². The number of non-ortho nitro benzene ring substituents is 1. The van der Waals surface area contributed by atoms with Crippen LogP contribution in [0.1, 0.15) is 43.5 Å². The molecule has 0 aromatic heterocycles. The normalized spacial score (nSPS) is 12.2. The van der Waals surface area contributed by atoms with Crippen LogP contribution in [0.15, 0.2) is 48.8 Å². The van der Waals surface area contributed by atoms with E-state index in [2.05, 4.69) is 20.4 Å². The van der Waals surface area contributed by atoms with Crippen LogP contribution < -0.4 is 0 Å². The van der Waals surface area contributed by atoms with Crippen LogP contribution in [-0.4, -0.2) is 27.9 Å². The number of nitro benzene ring substituents is 1. The summed E-state index contributed by atoms with van der Waals surface area (Å²) in [5, 5.41) is 20.4. The fraction of sp³-hybridized carbons (Fsp3) is 0.368. The number of carbonyl (C=O) groups is 2. The molecule has 0 aliphatic carbocycles. The van der Waals surface area contributed by atoms with E-state index < -0.39 is 22.8 Å². The quantitative estimate of drug-likeness (QED) is 0.130. The highest BCUT2D eigenvalue weighted by Gasteiger charge is 2.26. The minimum Gasteiger partial charge on any atom is -0.432 e. The van der Waals surface area contributed by atoms with Gasteiger partial charge in [-0.1, -0.05) is 32.4 Å². The number of hydrogen-bond acceptors (Lipinski definition) is 6. The van der Waals surface area contributed by atoms with E-state index in [4.69, 9.17) is 4.74 Å². The maximum Gasteiger partial charge on any atom is 0.348 e. The largest absolute Gasteiger partial charge is 0.432 e. The number of Topliss-reactive ketones (excluding diaryl/α,β-unsaturated/α-hetero) is 1. The van der Waals surface area contributed by atoms with Crippen LogP contribution in [0.4, 0.5) is 5.69 Å². The molecule has 0 amide bonds. The Kier molecular flexibility index (Phi) is 8.37. The molecule has 0 saturated heterocycles. The first-order valence-corrected chi connectivity index (χ1v) is 8.24. The molecule has 0 aliphatic heterocycles. The number of nitro groups is 1. The van der Waals surface area contributed by atoms with Crippen molar-refractivity contribution in [2.45, 2.75) is 39.2 Å². The minimum absolute atomic E-state index is 0.0258. The van der Waals surface area contributed by atoms with Gasteiger partial charge in [-0.25, -0.2) is 4.79 Å². The number of aliphatic hydroxyl groups excluding tert-OH is 1. The third-order valence-electron chi connectivity index (χ3n) is 3.60. The first-order chi connectivity index (χ1) is 12.2. The SMILES string of the molecule is C=C(C=COC(=O)C(O)C(=O)c1ccc([N+](=O)[O-])cc1)CCCC(C)C. The Morgan fingerprint density at radius 3 is 2.46 bits per heavy atom. The lowest BCUT2D eigenvalue weighted by Gasteiger charge is -2.07. The molecule has 1 aromatic rings. The molecule has 7 heteroatoms. The number of nitrogens with zero attached hydrogens (tertiary/aromatic N) is 1. The van der Waals surface area contributed by atoms with Crippen molar-refractivity contribution in [2.24, 2.45) is 5.92 Å². The van der Waals surface area contributed by atoms with E-state index >= 15 is 0 Å². The summed E-state index contributed by atoms with van der Waals surface area (Å²) < 4.78 is 4.75. The van der Waals surface area contributed by atoms with E-state index in [1.807, 2.05) is 0 Å². The summed E-state index contributed by atoms with van der Waals surface area (Å²) in [5.41, 5.74) is 0.550. The molecule has 0 aliphatic rings. The summed E-state index contributed by atoms with van der Waals surface area (Å²) >= 11 is 0. The van der Waals surface area contributed by atoms with Crippen molar-refractivity contribution >= 4 is 17.4 Å². The average Bonchev–Trinajstić information content (AvgIpc) is 2.60. The van der Waals surface area contributed by atoms with Crippen molar-refractivity contribution in [1.29, 1.82) is 0 Å². The molecule has 26 heavy (non-hydrogen) atoms. The van der Waals surface area contributed by atoms with Gasteiger partial charge in [-0.2, -0.15) is 0 Å². The maximum atomic E-state index is 12.0. The second kappa shape index (κ2) is 10.2. The first kappa shape index (κ1) is 21.2. The molecule has 0 saturated carbocycles. The van der Waals surface area contributed by atoms with Gasteiger partial charge in [-0.3, -0.25) is 14.9 Å². The third-order valence-corrected chi connectivity index (χ3v) is 3.60. The van der Waals surface area contributed by atoms with E-state index in [0.717, 1.165) is 43.2 Å². The first-order valence-electron chi connectivity index (χ1n) is 8.24. The maximum absolute atomic E-state index is 12.0. The molecule has 1 unspecified atom stereocenters. The molecule has 0 heterocycles. The zero-order valence-electron chi connectivity index (χ0n) is 14.9.